The van der Waals surface area contributed by atoms with E-state index in [1.807, 2.05) is 36.4 Å². The van der Waals surface area contributed by atoms with Crippen molar-refractivity contribution in [3.8, 4) is 0 Å². The van der Waals surface area contributed by atoms with Crippen LogP contribution in [0.3, 0.4) is 0 Å². The minimum Gasteiger partial charge on any atom is -0.465 e. The van der Waals surface area contributed by atoms with Gasteiger partial charge in [-0.25, -0.2) is 19.6 Å². The Hall–Kier alpha value is -5.32. The summed E-state index contributed by atoms with van der Waals surface area (Å²) >= 11 is 0. The van der Waals surface area contributed by atoms with Crippen LogP contribution in [0.15, 0.2) is 72.8 Å². The number of rotatable bonds is 15. The van der Waals surface area contributed by atoms with Crippen LogP contribution in [-0.2, 0) is 9.47 Å². The molecule has 0 fully saturated rings. The van der Waals surface area contributed by atoms with Gasteiger partial charge in [0.25, 0.3) is 0 Å². The number of hydrogen-bond acceptors (Lipinski definition) is 10. The van der Waals surface area contributed by atoms with Crippen molar-refractivity contribution in [3.05, 3.63) is 95.1 Å². The molecule has 0 aliphatic heterocycles. The number of carbonyl (C=O) groups is 2. The lowest BCUT2D eigenvalue weighted by Gasteiger charge is -2.15. The molecule has 0 atom stereocenters. The monoisotopic (exact) mass is 672 g/mol. The van der Waals surface area contributed by atoms with E-state index in [-0.39, 0.29) is 11.9 Å². The second kappa shape index (κ2) is 15.9. The van der Waals surface area contributed by atoms with Gasteiger partial charge in [0.05, 0.1) is 58.8 Å². The fourth-order valence-electron chi connectivity index (χ4n) is 6.26. The van der Waals surface area contributed by atoms with Gasteiger partial charge in [-0.05, 0) is 100 Å². The summed E-state index contributed by atoms with van der Waals surface area (Å²) in [6, 6.07) is 23.5. The lowest BCUT2D eigenvalue weighted by Crippen LogP contribution is -2.29. The van der Waals surface area contributed by atoms with Gasteiger partial charge in [0.1, 0.15) is 0 Å². The molecule has 2 aromatic heterocycles. The fraction of sp³-hybridized carbons (Fsp3) is 0.300. The third-order valence-electron chi connectivity index (χ3n) is 8.84. The Balaban J connectivity index is 0.970. The van der Waals surface area contributed by atoms with E-state index in [0.29, 0.717) is 11.1 Å². The Morgan fingerprint density at radius 3 is 1.30 bits per heavy atom. The fourth-order valence-corrected chi connectivity index (χ4v) is 6.26. The summed E-state index contributed by atoms with van der Waals surface area (Å²) in [4.78, 5) is 34.2. The number of esters is 2. The number of ether oxygens (including phenoxy) is 2. The van der Waals surface area contributed by atoms with Gasteiger partial charge in [0, 0.05) is 47.7 Å². The minimum atomic E-state index is -0.363. The molecule has 2 heterocycles. The van der Waals surface area contributed by atoms with Gasteiger partial charge in [-0.15, -0.1) is 0 Å². The third kappa shape index (κ3) is 7.77. The summed E-state index contributed by atoms with van der Waals surface area (Å²) in [6.45, 7) is 9.17. The normalized spacial score (nSPS) is 11.4. The maximum atomic E-state index is 12.2. The number of methoxy groups -OCH3 is 2. The maximum Gasteiger partial charge on any atom is 0.337 e. The second-order valence-electron chi connectivity index (χ2n) is 12.5. The van der Waals surface area contributed by atoms with Crippen LogP contribution in [0.4, 0.5) is 11.4 Å². The smallest absolute Gasteiger partial charge is 0.337 e. The highest BCUT2D eigenvalue weighted by molar-refractivity contribution is 6.10. The molecule has 0 spiro atoms. The van der Waals surface area contributed by atoms with Crippen molar-refractivity contribution < 1.29 is 19.1 Å². The average Bonchev–Trinajstić information content (AvgIpc) is 3.13. The molecule has 0 aliphatic carbocycles. The van der Waals surface area contributed by atoms with Gasteiger partial charge in [-0.3, -0.25) is 0 Å². The summed E-state index contributed by atoms with van der Waals surface area (Å²) < 4.78 is 9.91. The van der Waals surface area contributed by atoms with E-state index in [4.69, 9.17) is 19.4 Å². The summed E-state index contributed by atoms with van der Waals surface area (Å²) in [5.74, 6) is -0.726. The molecule has 0 bridgehead atoms. The van der Waals surface area contributed by atoms with E-state index in [9.17, 15) is 9.59 Å². The second-order valence-corrected chi connectivity index (χ2v) is 12.5. The van der Waals surface area contributed by atoms with Crippen LogP contribution >= 0.6 is 0 Å². The van der Waals surface area contributed by atoms with Crippen molar-refractivity contribution in [2.24, 2.45) is 0 Å². The van der Waals surface area contributed by atoms with Crippen molar-refractivity contribution in [1.82, 2.24) is 20.6 Å². The molecule has 0 radical (unpaired) electrons. The molecule has 0 unspecified atom stereocenters. The van der Waals surface area contributed by atoms with E-state index >= 15 is 0 Å². The molecule has 10 heteroatoms. The molecule has 0 saturated carbocycles. The van der Waals surface area contributed by atoms with E-state index in [1.54, 1.807) is 12.1 Å². The minimum absolute atomic E-state index is 0.363. The van der Waals surface area contributed by atoms with Crippen LogP contribution in [0.2, 0.25) is 0 Å². The molecule has 0 amide bonds. The van der Waals surface area contributed by atoms with Crippen LogP contribution in [0.25, 0.3) is 43.6 Å². The van der Waals surface area contributed by atoms with Crippen LogP contribution in [0.1, 0.15) is 44.7 Å². The first-order chi connectivity index (χ1) is 24.4. The number of anilines is 2. The predicted molar refractivity (Wildman–Crippen MR) is 203 cm³/mol. The van der Waals surface area contributed by atoms with Gasteiger partial charge in [-0.2, -0.15) is 0 Å². The highest BCUT2D eigenvalue weighted by Crippen LogP contribution is 2.33. The Morgan fingerprint density at radius 1 is 0.520 bits per heavy atom. The highest BCUT2D eigenvalue weighted by Gasteiger charge is 2.15. The maximum absolute atomic E-state index is 12.2. The summed E-state index contributed by atoms with van der Waals surface area (Å²) in [7, 11) is 2.79. The van der Waals surface area contributed by atoms with Crippen molar-refractivity contribution in [2.45, 2.75) is 26.7 Å². The number of aromatic nitrogens is 2. The SMILES string of the molecule is COC(=O)c1ccc2nc3ccc(C)cc3c(NCCCNCCNCCCNc3c4cc(C)ccc4nc4ccc(C(=O)OC)cc34)c2c1. The van der Waals surface area contributed by atoms with Crippen molar-refractivity contribution >= 4 is 66.9 Å². The van der Waals surface area contributed by atoms with Crippen LogP contribution in [0, 0.1) is 13.8 Å². The zero-order valence-electron chi connectivity index (χ0n) is 29.1. The molecule has 4 aromatic carbocycles. The molecule has 50 heavy (non-hydrogen) atoms. The largest absolute Gasteiger partial charge is 0.465 e. The lowest BCUT2D eigenvalue weighted by molar-refractivity contribution is 0.0592. The Kier molecular flexibility index (Phi) is 11.0. The van der Waals surface area contributed by atoms with Gasteiger partial charge in [0.2, 0.25) is 0 Å². The number of nitrogens with one attached hydrogen (secondary N) is 4. The van der Waals surface area contributed by atoms with Crippen molar-refractivity contribution in [2.75, 3.05) is 64.1 Å². The number of pyridine rings is 2. The average molecular weight is 673 g/mol. The van der Waals surface area contributed by atoms with Gasteiger partial charge in [-0.1, -0.05) is 23.3 Å². The van der Waals surface area contributed by atoms with E-state index in [0.717, 1.165) is 118 Å². The molecule has 10 nitrogen and oxygen atoms in total. The molecular formula is C40H44N6O4. The van der Waals surface area contributed by atoms with E-state index < -0.39 is 0 Å². The Bertz CT molecular complexity index is 2030. The quantitative estimate of drug-likeness (QED) is 0.0528. The van der Waals surface area contributed by atoms with Gasteiger partial charge < -0.3 is 30.7 Å². The first kappa shape index (κ1) is 34.5. The number of aryl methyl sites for hydroxylation is 2. The Morgan fingerprint density at radius 2 is 0.900 bits per heavy atom. The summed E-state index contributed by atoms with van der Waals surface area (Å²) in [6.07, 6.45) is 1.87. The van der Waals surface area contributed by atoms with Gasteiger partial charge >= 0.3 is 11.9 Å². The van der Waals surface area contributed by atoms with E-state index in [1.165, 1.54) is 14.2 Å². The first-order valence-corrected chi connectivity index (χ1v) is 17.1. The lowest BCUT2D eigenvalue weighted by atomic mass is 10.0. The number of nitrogens with zero attached hydrogens (tertiary/aromatic N) is 2. The van der Waals surface area contributed by atoms with Crippen LogP contribution < -0.4 is 21.3 Å². The molecule has 4 N–H and O–H groups in total. The summed E-state index contributed by atoms with van der Waals surface area (Å²) in [5, 5.41) is 18.2. The molecule has 0 aliphatic rings. The van der Waals surface area contributed by atoms with Gasteiger partial charge in [0.15, 0.2) is 0 Å². The number of carbonyl (C=O) groups excluding carboxylic acids is 2. The van der Waals surface area contributed by atoms with Crippen LogP contribution in [0.5, 0.6) is 0 Å². The zero-order chi connectivity index (χ0) is 35.0. The van der Waals surface area contributed by atoms with Crippen molar-refractivity contribution in [1.29, 1.82) is 0 Å². The first-order valence-electron chi connectivity index (χ1n) is 17.1. The van der Waals surface area contributed by atoms with E-state index in [2.05, 4.69) is 59.4 Å². The number of benzene rings is 4. The Labute approximate surface area is 292 Å². The molecular weight excluding hydrogens is 628 g/mol. The molecule has 0 saturated heterocycles. The topological polar surface area (TPSA) is 127 Å². The standard InChI is InChI=1S/C40H44N6O4/c1-25-7-11-33-29(21-25)37(31-23-27(39(47)49-3)9-13-35(31)45-33)43-17-5-15-41-19-20-42-16-6-18-44-38-30-22-26(2)8-12-34(30)46-36-14-10-28(24-32(36)38)40(48)50-4/h7-14,21-24,41-42H,5-6,15-20H2,1-4H3,(H,43,45)(H,44,46). The number of fused-ring (bicyclic) bond motifs is 4. The highest BCUT2D eigenvalue weighted by atomic mass is 16.5. The predicted octanol–water partition coefficient (Wildman–Crippen LogP) is 6.76. The zero-order valence-corrected chi connectivity index (χ0v) is 29.1. The molecule has 6 rings (SSSR count). The summed E-state index contributed by atoms with van der Waals surface area (Å²) in [5.41, 5.74) is 8.79. The molecule has 258 valence electrons. The number of hydrogen-bond donors (Lipinski definition) is 4. The third-order valence-corrected chi connectivity index (χ3v) is 8.84. The molecule has 6 aromatic rings. The van der Waals surface area contributed by atoms with Crippen molar-refractivity contribution in [3.63, 3.8) is 0 Å². The van der Waals surface area contributed by atoms with Crippen LogP contribution in [-0.4, -0.2) is 75.4 Å².